The summed E-state index contributed by atoms with van der Waals surface area (Å²) in [6, 6.07) is 0. The highest BCUT2D eigenvalue weighted by atomic mass is 16.4. The van der Waals surface area contributed by atoms with Crippen LogP contribution in [0.1, 0.15) is 113 Å². The number of carbonyl (C=O) groups is 2. The lowest BCUT2D eigenvalue weighted by Gasteiger charge is -2.61. The first-order valence-corrected chi connectivity index (χ1v) is 13.7. The summed E-state index contributed by atoms with van der Waals surface area (Å²) in [6.07, 6.45) is 9.85. The highest BCUT2D eigenvalue weighted by Gasteiger charge is 2.64. The molecule has 0 radical (unpaired) electrons. The molecule has 2 N–H and O–H groups in total. The van der Waals surface area contributed by atoms with E-state index in [0.717, 1.165) is 19.3 Å². The summed E-state index contributed by atoms with van der Waals surface area (Å²) in [5, 5.41) is 20.6. The van der Waals surface area contributed by atoms with Gasteiger partial charge in [0.15, 0.2) is 0 Å². The Bertz CT molecular complexity index is 820. The van der Waals surface area contributed by atoms with Crippen LogP contribution in [0.15, 0.2) is 11.6 Å². The molecule has 0 aromatic heterocycles. The van der Waals surface area contributed by atoms with E-state index in [1.54, 1.807) is 0 Å². The quantitative estimate of drug-likeness (QED) is 0.351. The first kappa shape index (κ1) is 27.4. The molecule has 4 nitrogen and oxygen atoms in total. The fourth-order valence-electron chi connectivity index (χ4n) is 8.98. The Morgan fingerprint density at radius 3 is 2.26 bits per heavy atom. The minimum Gasteiger partial charge on any atom is -0.481 e. The highest BCUT2D eigenvalue weighted by molar-refractivity contribution is 5.78. The number of Topliss-reactive ketones (excluding diaryl/α,β-unsaturated/α-hetero) is 1. The van der Waals surface area contributed by atoms with Crippen molar-refractivity contribution in [3.8, 4) is 0 Å². The van der Waals surface area contributed by atoms with Crippen LogP contribution in [0.4, 0.5) is 0 Å². The summed E-state index contributed by atoms with van der Waals surface area (Å²) in [7, 11) is 0. The van der Waals surface area contributed by atoms with Gasteiger partial charge in [0.1, 0.15) is 5.78 Å². The fourth-order valence-corrected chi connectivity index (χ4v) is 8.98. The molecule has 0 aliphatic heterocycles. The molecule has 194 valence electrons. The topological polar surface area (TPSA) is 74.6 Å². The van der Waals surface area contributed by atoms with Crippen LogP contribution < -0.4 is 0 Å². The van der Waals surface area contributed by atoms with Crippen LogP contribution >= 0.6 is 0 Å². The van der Waals surface area contributed by atoms with Crippen LogP contribution in [-0.4, -0.2) is 27.6 Å². The zero-order valence-electron chi connectivity index (χ0n) is 23.0. The lowest BCUT2D eigenvalue weighted by molar-refractivity contribution is -0.139. The van der Waals surface area contributed by atoms with Gasteiger partial charge in [-0.05, 0) is 98.2 Å². The number of carboxylic acid groups (broad SMARTS) is 1. The van der Waals surface area contributed by atoms with Crippen molar-refractivity contribution in [2.24, 2.45) is 45.8 Å². The molecule has 0 aromatic rings. The number of allylic oxidation sites excluding steroid dienone is 2. The summed E-state index contributed by atoms with van der Waals surface area (Å²) in [5.41, 5.74) is 0.557. The molecule has 3 aliphatic rings. The molecule has 2 fully saturated rings. The van der Waals surface area contributed by atoms with Gasteiger partial charge >= 0.3 is 5.97 Å². The van der Waals surface area contributed by atoms with Gasteiger partial charge < -0.3 is 10.2 Å². The second-order valence-corrected chi connectivity index (χ2v) is 13.8. The maximum atomic E-state index is 12.7. The van der Waals surface area contributed by atoms with Gasteiger partial charge in [-0.3, -0.25) is 9.59 Å². The van der Waals surface area contributed by atoms with Gasteiger partial charge in [0.2, 0.25) is 0 Å². The van der Waals surface area contributed by atoms with Crippen LogP contribution in [0, 0.1) is 45.8 Å². The lowest BCUT2D eigenvalue weighted by atomic mass is 9.44. The average Bonchev–Trinajstić information content (AvgIpc) is 2.97. The highest BCUT2D eigenvalue weighted by Crippen LogP contribution is 2.71. The summed E-state index contributed by atoms with van der Waals surface area (Å²) < 4.78 is 0. The Labute approximate surface area is 208 Å². The molecule has 0 heterocycles. The first-order chi connectivity index (χ1) is 15.6. The smallest absolute Gasteiger partial charge is 0.303 e. The Morgan fingerprint density at radius 1 is 1.06 bits per heavy atom. The number of fused-ring (bicyclic) bond motifs is 3. The maximum absolute atomic E-state index is 12.7. The predicted molar refractivity (Wildman–Crippen MR) is 137 cm³/mol. The number of hydrogen-bond acceptors (Lipinski definition) is 3. The number of aliphatic carboxylic acids is 1. The van der Waals surface area contributed by atoms with E-state index in [4.69, 9.17) is 0 Å². The minimum absolute atomic E-state index is 0.0552. The van der Waals surface area contributed by atoms with E-state index < -0.39 is 11.6 Å². The van der Waals surface area contributed by atoms with E-state index in [1.165, 1.54) is 18.4 Å². The zero-order valence-corrected chi connectivity index (χ0v) is 23.0. The third-order valence-corrected chi connectivity index (χ3v) is 10.7. The molecule has 0 amide bonds. The van der Waals surface area contributed by atoms with E-state index in [9.17, 15) is 19.8 Å². The monoisotopic (exact) mass is 474 g/mol. The average molecular weight is 475 g/mol. The van der Waals surface area contributed by atoms with Gasteiger partial charge in [0, 0.05) is 19.3 Å². The Morgan fingerprint density at radius 2 is 1.71 bits per heavy atom. The molecule has 0 aromatic carbocycles. The number of hydrogen-bond donors (Lipinski definition) is 2. The second-order valence-electron chi connectivity index (χ2n) is 13.8. The summed E-state index contributed by atoms with van der Waals surface area (Å²) in [5.74, 6) is 1.46. The van der Waals surface area contributed by atoms with Gasteiger partial charge in [-0.1, -0.05) is 53.2 Å². The third kappa shape index (κ3) is 4.65. The van der Waals surface area contributed by atoms with Gasteiger partial charge in [-0.2, -0.15) is 0 Å². The van der Waals surface area contributed by atoms with Crippen molar-refractivity contribution < 1.29 is 19.8 Å². The van der Waals surface area contributed by atoms with E-state index >= 15 is 0 Å². The Kier molecular flexibility index (Phi) is 7.56. The number of rotatable bonds is 9. The van der Waals surface area contributed by atoms with Crippen molar-refractivity contribution in [2.75, 3.05) is 0 Å². The summed E-state index contributed by atoms with van der Waals surface area (Å²) in [6.45, 7) is 17.5. The van der Waals surface area contributed by atoms with E-state index in [-0.39, 0.29) is 28.6 Å². The minimum atomic E-state index is -0.843. The van der Waals surface area contributed by atoms with E-state index in [2.05, 4.69) is 47.6 Å². The van der Waals surface area contributed by atoms with Crippen LogP contribution in [-0.2, 0) is 9.59 Å². The summed E-state index contributed by atoms with van der Waals surface area (Å²) in [4.78, 5) is 24.2. The van der Waals surface area contributed by atoms with Gasteiger partial charge in [-0.25, -0.2) is 0 Å². The standard InChI is InChI=1S/C30H50O4/c1-19(2)17-21(31)18-20(3)22-11-15-30(8)24-9-10-25(27(4,5)34)28(6,14-13-26(32)33)23(24)12-16-29(22,30)7/h12,19-20,22,24-25,34H,9-11,13-18H2,1-8H3,(H,32,33)/t20-,22-,24-,25+,28-,29-,30+/m1/s1. The molecule has 2 saturated carbocycles. The molecule has 3 aliphatic carbocycles. The molecular weight excluding hydrogens is 424 g/mol. The van der Waals surface area contributed by atoms with Crippen molar-refractivity contribution in [1.82, 2.24) is 0 Å². The normalized spacial score (nSPS) is 38.8. The van der Waals surface area contributed by atoms with E-state index in [1.807, 2.05) is 13.8 Å². The van der Waals surface area contributed by atoms with Crippen LogP contribution in [0.3, 0.4) is 0 Å². The Hall–Kier alpha value is -1.16. The number of carbonyl (C=O) groups excluding carboxylic acids is 1. The largest absolute Gasteiger partial charge is 0.481 e. The lowest BCUT2D eigenvalue weighted by Crippen LogP contribution is -2.55. The fraction of sp³-hybridized carbons (Fsp3) is 0.867. The van der Waals surface area contributed by atoms with Crippen molar-refractivity contribution in [1.29, 1.82) is 0 Å². The van der Waals surface area contributed by atoms with E-state index in [0.29, 0.717) is 48.7 Å². The van der Waals surface area contributed by atoms with Crippen molar-refractivity contribution in [3.05, 3.63) is 11.6 Å². The Balaban J connectivity index is 1.94. The number of aliphatic hydroxyl groups is 1. The predicted octanol–water partition coefficient (Wildman–Crippen LogP) is 7.05. The summed E-state index contributed by atoms with van der Waals surface area (Å²) >= 11 is 0. The molecule has 34 heavy (non-hydrogen) atoms. The van der Waals surface area contributed by atoms with Gasteiger partial charge in [0.25, 0.3) is 0 Å². The maximum Gasteiger partial charge on any atom is 0.303 e. The zero-order chi connectivity index (χ0) is 25.7. The van der Waals surface area contributed by atoms with Crippen LogP contribution in [0.25, 0.3) is 0 Å². The van der Waals surface area contributed by atoms with Crippen molar-refractivity contribution in [3.63, 3.8) is 0 Å². The second kappa shape index (κ2) is 9.37. The molecule has 3 rings (SSSR count). The molecule has 0 spiro atoms. The molecule has 7 atom stereocenters. The SMILES string of the molecule is CC(C)CC(=O)C[C@@H](C)[C@H]1CC[C@@]2(C)[C@@H]3CC[C@@H](C(C)(C)O)[C@](C)(CCC(=O)O)C3=CC[C@]12C. The van der Waals surface area contributed by atoms with Crippen molar-refractivity contribution >= 4 is 11.8 Å². The third-order valence-electron chi connectivity index (χ3n) is 10.7. The van der Waals surface area contributed by atoms with Crippen LogP contribution in [0.5, 0.6) is 0 Å². The number of ketones is 1. The van der Waals surface area contributed by atoms with Crippen molar-refractivity contribution in [2.45, 2.75) is 119 Å². The first-order valence-electron chi connectivity index (χ1n) is 13.7. The number of carboxylic acids is 1. The van der Waals surface area contributed by atoms with Gasteiger partial charge in [-0.15, -0.1) is 0 Å². The molecule has 0 saturated heterocycles. The molecular formula is C30H50O4. The molecule has 0 unspecified atom stereocenters. The van der Waals surface area contributed by atoms with Gasteiger partial charge in [0.05, 0.1) is 5.60 Å². The molecule has 0 bridgehead atoms. The molecule has 4 heteroatoms. The van der Waals surface area contributed by atoms with Crippen LogP contribution in [0.2, 0.25) is 0 Å².